The zero-order chi connectivity index (χ0) is 15.1. The van der Waals surface area contributed by atoms with Crippen LogP contribution in [0.25, 0.3) is 0 Å². The van der Waals surface area contributed by atoms with E-state index in [0.29, 0.717) is 13.2 Å². The summed E-state index contributed by atoms with van der Waals surface area (Å²) in [4.78, 5) is 9.21. The van der Waals surface area contributed by atoms with Gasteiger partial charge in [-0.05, 0) is 31.6 Å². The number of fused-ring (bicyclic) bond motifs is 1. The van der Waals surface area contributed by atoms with Gasteiger partial charge in [-0.25, -0.2) is 0 Å². The van der Waals surface area contributed by atoms with Crippen molar-refractivity contribution in [1.29, 1.82) is 0 Å². The SMILES string of the molecule is CC(C)CCCOCC(O)CN1CCCN2CCCN=C21. The minimum atomic E-state index is -0.423. The number of guanidine groups is 1. The summed E-state index contributed by atoms with van der Waals surface area (Å²) in [6, 6.07) is 0. The first kappa shape index (κ1) is 16.6. The van der Waals surface area contributed by atoms with Gasteiger partial charge in [0.2, 0.25) is 0 Å². The van der Waals surface area contributed by atoms with Gasteiger partial charge in [0.05, 0.1) is 12.7 Å². The second-order valence-corrected chi connectivity index (χ2v) is 6.59. The van der Waals surface area contributed by atoms with E-state index in [1.807, 2.05) is 0 Å². The fourth-order valence-electron chi connectivity index (χ4n) is 3.00. The van der Waals surface area contributed by atoms with Gasteiger partial charge in [-0.1, -0.05) is 13.8 Å². The molecule has 0 amide bonds. The fourth-order valence-corrected chi connectivity index (χ4v) is 3.00. The summed E-state index contributed by atoms with van der Waals surface area (Å²) >= 11 is 0. The standard InChI is InChI=1S/C16H31N3O2/c1-14(2)6-3-11-21-13-15(20)12-19-10-5-9-18-8-4-7-17-16(18)19/h14-15,20H,3-13H2,1-2H3. The summed E-state index contributed by atoms with van der Waals surface area (Å²) in [5.41, 5.74) is 0. The minimum Gasteiger partial charge on any atom is -0.389 e. The average molecular weight is 297 g/mol. The van der Waals surface area contributed by atoms with E-state index < -0.39 is 6.10 Å². The van der Waals surface area contributed by atoms with Crippen LogP contribution in [0.3, 0.4) is 0 Å². The van der Waals surface area contributed by atoms with Gasteiger partial charge in [-0.3, -0.25) is 4.99 Å². The van der Waals surface area contributed by atoms with Crippen molar-refractivity contribution in [1.82, 2.24) is 9.80 Å². The quantitative estimate of drug-likeness (QED) is 0.691. The molecule has 5 nitrogen and oxygen atoms in total. The van der Waals surface area contributed by atoms with Crippen LogP contribution in [-0.2, 0) is 4.74 Å². The Bertz CT molecular complexity index is 333. The number of aliphatic hydroxyl groups is 1. The molecule has 0 radical (unpaired) electrons. The Balaban J connectivity index is 1.67. The van der Waals surface area contributed by atoms with Gasteiger partial charge in [-0.2, -0.15) is 0 Å². The number of hydrogen-bond donors (Lipinski definition) is 1. The van der Waals surface area contributed by atoms with Gasteiger partial charge in [0, 0.05) is 39.3 Å². The molecule has 0 spiro atoms. The van der Waals surface area contributed by atoms with Crippen LogP contribution in [0.2, 0.25) is 0 Å². The molecule has 2 aliphatic rings. The van der Waals surface area contributed by atoms with Crippen LogP contribution in [-0.4, -0.2) is 72.9 Å². The van der Waals surface area contributed by atoms with E-state index in [4.69, 9.17) is 4.74 Å². The first-order valence-corrected chi connectivity index (χ1v) is 8.47. The molecule has 0 aromatic carbocycles. The first-order chi connectivity index (χ1) is 10.2. The van der Waals surface area contributed by atoms with Crippen molar-refractivity contribution in [3.05, 3.63) is 0 Å². The van der Waals surface area contributed by atoms with Crippen molar-refractivity contribution in [2.24, 2.45) is 10.9 Å². The molecule has 0 aromatic heterocycles. The largest absolute Gasteiger partial charge is 0.389 e. The van der Waals surface area contributed by atoms with E-state index in [0.717, 1.165) is 63.9 Å². The van der Waals surface area contributed by atoms with Crippen LogP contribution in [0.5, 0.6) is 0 Å². The average Bonchev–Trinajstić information content (AvgIpc) is 2.47. The monoisotopic (exact) mass is 297 g/mol. The van der Waals surface area contributed by atoms with Crippen molar-refractivity contribution in [2.75, 3.05) is 45.9 Å². The maximum absolute atomic E-state index is 10.2. The van der Waals surface area contributed by atoms with Gasteiger partial charge in [0.25, 0.3) is 0 Å². The summed E-state index contributed by atoms with van der Waals surface area (Å²) in [6.07, 6.45) is 4.15. The number of nitrogens with zero attached hydrogens (tertiary/aromatic N) is 3. The van der Waals surface area contributed by atoms with E-state index in [9.17, 15) is 5.11 Å². The van der Waals surface area contributed by atoms with Crippen LogP contribution in [0.4, 0.5) is 0 Å². The Morgan fingerprint density at radius 1 is 1.24 bits per heavy atom. The van der Waals surface area contributed by atoms with Gasteiger partial charge < -0.3 is 19.6 Å². The van der Waals surface area contributed by atoms with Crippen molar-refractivity contribution < 1.29 is 9.84 Å². The van der Waals surface area contributed by atoms with Crippen molar-refractivity contribution in [2.45, 2.75) is 45.6 Å². The predicted octanol–water partition coefficient (Wildman–Crippen LogP) is 1.57. The molecular formula is C16H31N3O2. The van der Waals surface area contributed by atoms with Crippen LogP contribution in [0, 0.1) is 5.92 Å². The smallest absolute Gasteiger partial charge is 0.196 e. The summed E-state index contributed by atoms with van der Waals surface area (Å²) < 4.78 is 5.59. The summed E-state index contributed by atoms with van der Waals surface area (Å²) in [6.45, 7) is 10.4. The fraction of sp³-hybridized carbons (Fsp3) is 0.938. The number of β-amino-alcohol motifs (C(OH)–C–C–N with tert-alkyl or cyclic N) is 1. The molecule has 1 saturated heterocycles. The molecule has 122 valence electrons. The third-order valence-electron chi connectivity index (χ3n) is 4.07. The van der Waals surface area contributed by atoms with Crippen LogP contribution in [0.15, 0.2) is 4.99 Å². The Hall–Kier alpha value is -0.810. The van der Waals surface area contributed by atoms with Crippen LogP contribution < -0.4 is 0 Å². The molecule has 1 fully saturated rings. The highest BCUT2D eigenvalue weighted by Gasteiger charge is 2.26. The van der Waals surface area contributed by atoms with E-state index in [-0.39, 0.29) is 0 Å². The Labute approximate surface area is 129 Å². The normalized spacial score (nSPS) is 20.5. The molecule has 2 aliphatic heterocycles. The number of rotatable bonds is 8. The van der Waals surface area contributed by atoms with Crippen molar-refractivity contribution in [3.8, 4) is 0 Å². The molecule has 2 rings (SSSR count). The molecule has 0 aliphatic carbocycles. The molecule has 1 unspecified atom stereocenters. The maximum atomic E-state index is 10.2. The molecule has 0 saturated carbocycles. The Morgan fingerprint density at radius 3 is 2.86 bits per heavy atom. The van der Waals surface area contributed by atoms with Crippen LogP contribution >= 0.6 is 0 Å². The highest BCUT2D eigenvalue weighted by molar-refractivity contribution is 5.81. The summed E-state index contributed by atoms with van der Waals surface area (Å²) in [5, 5.41) is 10.2. The Morgan fingerprint density at radius 2 is 2.05 bits per heavy atom. The lowest BCUT2D eigenvalue weighted by atomic mass is 10.1. The summed E-state index contributed by atoms with van der Waals surface area (Å²) in [5.74, 6) is 1.81. The third-order valence-corrected chi connectivity index (χ3v) is 4.07. The van der Waals surface area contributed by atoms with Crippen LogP contribution in [0.1, 0.15) is 39.5 Å². The topological polar surface area (TPSA) is 48.3 Å². The lowest BCUT2D eigenvalue weighted by Crippen LogP contribution is -2.54. The van der Waals surface area contributed by atoms with E-state index in [2.05, 4.69) is 28.6 Å². The molecule has 5 heteroatoms. The minimum absolute atomic E-state index is 0.423. The maximum Gasteiger partial charge on any atom is 0.196 e. The van der Waals surface area contributed by atoms with Crippen molar-refractivity contribution >= 4 is 5.96 Å². The predicted molar refractivity (Wildman–Crippen MR) is 85.6 cm³/mol. The lowest BCUT2D eigenvalue weighted by Gasteiger charge is -2.41. The second kappa shape index (κ2) is 8.59. The molecule has 21 heavy (non-hydrogen) atoms. The van der Waals surface area contributed by atoms with Gasteiger partial charge in [0.15, 0.2) is 5.96 Å². The third kappa shape index (κ3) is 5.47. The van der Waals surface area contributed by atoms with Crippen molar-refractivity contribution in [3.63, 3.8) is 0 Å². The lowest BCUT2D eigenvalue weighted by molar-refractivity contribution is 0.0206. The van der Waals surface area contributed by atoms with Gasteiger partial charge >= 0.3 is 0 Å². The van der Waals surface area contributed by atoms with E-state index in [1.165, 1.54) is 6.42 Å². The first-order valence-electron chi connectivity index (χ1n) is 8.47. The number of aliphatic hydroxyl groups excluding tert-OH is 1. The summed E-state index contributed by atoms with van der Waals surface area (Å²) in [7, 11) is 0. The molecule has 1 atom stereocenters. The van der Waals surface area contributed by atoms with Gasteiger partial charge in [0.1, 0.15) is 0 Å². The zero-order valence-corrected chi connectivity index (χ0v) is 13.6. The Kier molecular flexibility index (Phi) is 6.77. The van der Waals surface area contributed by atoms with Gasteiger partial charge in [-0.15, -0.1) is 0 Å². The highest BCUT2D eigenvalue weighted by atomic mass is 16.5. The second-order valence-electron chi connectivity index (χ2n) is 6.59. The molecule has 0 aromatic rings. The van der Waals surface area contributed by atoms with E-state index in [1.54, 1.807) is 0 Å². The highest BCUT2D eigenvalue weighted by Crippen LogP contribution is 2.14. The number of ether oxygens (including phenoxy) is 1. The van der Waals surface area contributed by atoms with E-state index >= 15 is 0 Å². The molecule has 0 bridgehead atoms. The zero-order valence-electron chi connectivity index (χ0n) is 13.6. The number of hydrogen-bond acceptors (Lipinski definition) is 5. The molecular weight excluding hydrogens is 266 g/mol. The molecule has 2 heterocycles. The molecule has 1 N–H and O–H groups in total. The number of aliphatic imine (C=N–C) groups is 1.